The summed E-state index contributed by atoms with van der Waals surface area (Å²) in [4.78, 5) is 5.05. The molecule has 1 fully saturated rings. The third-order valence-corrected chi connectivity index (χ3v) is 5.02. The van der Waals surface area contributed by atoms with E-state index in [1.54, 1.807) is 0 Å². The molecule has 1 saturated carbocycles. The number of amidine groups is 1. The number of hydrogen-bond acceptors (Lipinski definition) is 3. The Hall–Kier alpha value is -2.13. The van der Waals surface area contributed by atoms with Crippen LogP contribution in [0.5, 0.6) is 0 Å². The lowest BCUT2D eigenvalue weighted by molar-refractivity contribution is 0.159. The number of hydrogen-bond donors (Lipinski definition) is 1. The Balaban J connectivity index is 1.60. The van der Waals surface area contributed by atoms with Crippen molar-refractivity contribution in [2.24, 2.45) is 10.9 Å². The van der Waals surface area contributed by atoms with E-state index in [0.717, 1.165) is 18.4 Å². The van der Waals surface area contributed by atoms with Crippen LogP contribution in [0.15, 0.2) is 65.7 Å². The second-order valence-corrected chi connectivity index (χ2v) is 7.02. The molecular formula is C21H24N2O. The molecule has 124 valence electrons. The number of aliphatic imine (C=N–C) groups is 1. The Labute approximate surface area is 143 Å². The highest BCUT2D eigenvalue weighted by Gasteiger charge is 2.42. The van der Waals surface area contributed by atoms with Crippen molar-refractivity contribution in [1.29, 1.82) is 0 Å². The van der Waals surface area contributed by atoms with Crippen LogP contribution in [0.25, 0.3) is 0 Å². The highest BCUT2D eigenvalue weighted by Crippen LogP contribution is 2.42. The Morgan fingerprint density at radius 2 is 1.71 bits per heavy atom. The molecule has 0 aromatic heterocycles. The topological polar surface area (TPSA) is 33.6 Å². The third-order valence-electron chi connectivity index (χ3n) is 5.02. The molecule has 1 aliphatic carbocycles. The third kappa shape index (κ3) is 3.09. The van der Waals surface area contributed by atoms with Crippen LogP contribution in [0.1, 0.15) is 36.9 Å². The van der Waals surface area contributed by atoms with Gasteiger partial charge in [-0.15, -0.1) is 0 Å². The number of rotatable bonds is 6. The van der Waals surface area contributed by atoms with Gasteiger partial charge in [-0.3, -0.25) is 4.99 Å². The summed E-state index contributed by atoms with van der Waals surface area (Å²) in [6.07, 6.45) is 2.63. The van der Waals surface area contributed by atoms with Crippen LogP contribution in [0.4, 0.5) is 0 Å². The zero-order valence-corrected chi connectivity index (χ0v) is 14.1. The summed E-state index contributed by atoms with van der Waals surface area (Å²) in [5.74, 6) is 1.73. The molecule has 4 rings (SSSR count). The molecule has 24 heavy (non-hydrogen) atoms. The van der Waals surface area contributed by atoms with Gasteiger partial charge < -0.3 is 10.1 Å². The van der Waals surface area contributed by atoms with Crippen molar-refractivity contribution in [3.05, 3.63) is 71.8 Å². The molecule has 0 saturated heterocycles. The molecule has 2 aliphatic rings. The van der Waals surface area contributed by atoms with Crippen LogP contribution in [-0.4, -0.2) is 19.0 Å². The van der Waals surface area contributed by atoms with Gasteiger partial charge in [-0.25, -0.2) is 0 Å². The van der Waals surface area contributed by atoms with Crippen LogP contribution in [0.2, 0.25) is 0 Å². The molecule has 0 spiro atoms. The number of ether oxygens (including phenoxy) is 1. The molecule has 2 aromatic rings. The molecule has 1 heterocycles. The lowest BCUT2D eigenvalue weighted by Gasteiger charge is -2.30. The highest BCUT2D eigenvalue weighted by atomic mass is 16.5. The standard InChI is InChI=1S/C21H24N2O/c1-21(18-10-6-3-7-11-18)20(17-8-4-2-5-9-17)22-19(23-21)15-24-14-16-12-13-16/h2-11,16,20H,12-15H2,1H3,(H,22,23)/t20-,21+/m1/s1. The molecule has 0 unspecified atom stereocenters. The summed E-state index contributed by atoms with van der Waals surface area (Å²) in [5, 5.41) is 3.62. The maximum absolute atomic E-state index is 5.86. The van der Waals surface area contributed by atoms with Crippen LogP contribution in [0, 0.1) is 5.92 Å². The number of benzene rings is 2. The minimum absolute atomic E-state index is 0.126. The normalized spacial score (nSPS) is 26.0. The molecule has 2 atom stereocenters. The zero-order valence-electron chi connectivity index (χ0n) is 14.1. The summed E-state index contributed by atoms with van der Waals surface area (Å²) < 4.78 is 5.86. The van der Waals surface area contributed by atoms with E-state index in [1.807, 2.05) is 0 Å². The zero-order chi connectivity index (χ0) is 16.4. The fourth-order valence-electron chi connectivity index (χ4n) is 3.43. The molecule has 0 bridgehead atoms. The summed E-state index contributed by atoms with van der Waals surface area (Å²) >= 11 is 0. The molecule has 2 aromatic carbocycles. The molecule has 0 amide bonds. The van der Waals surface area contributed by atoms with E-state index >= 15 is 0 Å². The summed E-state index contributed by atoms with van der Waals surface area (Å²) in [6, 6.07) is 21.2. The maximum atomic E-state index is 5.86. The quantitative estimate of drug-likeness (QED) is 0.870. The predicted molar refractivity (Wildman–Crippen MR) is 97.1 cm³/mol. The SMILES string of the molecule is C[C@@]1(c2ccccc2)N=C(COCC2CC2)N[C@@H]1c1ccccc1. The van der Waals surface area contributed by atoms with E-state index < -0.39 is 0 Å². The van der Waals surface area contributed by atoms with Gasteiger partial charge in [-0.05, 0) is 36.8 Å². The van der Waals surface area contributed by atoms with Gasteiger partial charge >= 0.3 is 0 Å². The van der Waals surface area contributed by atoms with Crippen molar-refractivity contribution in [1.82, 2.24) is 5.32 Å². The van der Waals surface area contributed by atoms with Gasteiger partial charge in [-0.2, -0.15) is 0 Å². The Morgan fingerprint density at radius 3 is 2.38 bits per heavy atom. The molecule has 1 aliphatic heterocycles. The summed E-state index contributed by atoms with van der Waals surface area (Å²) in [7, 11) is 0. The first-order valence-corrected chi connectivity index (χ1v) is 8.79. The van der Waals surface area contributed by atoms with Crippen molar-refractivity contribution < 1.29 is 4.74 Å². The summed E-state index contributed by atoms with van der Waals surface area (Å²) in [5.41, 5.74) is 2.16. The van der Waals surface area contributed by atoms with E-state index in [9.17, 15) is 0 Å². The van der Waals surface area contributed by atoms with Gasteiger partial charge in [0.15, 0.2) is 0 Å². The van der Waals surface area contributed by atoms with E-state index in [-0.39, 0.29) is 11.6 Å². The van der Waals surface area contributed by atoms with Crippen molar-refractivity contribution in [2.75, 3.05) is 13.2 Å². The average molecular weight is 320 g/mol. The molecular weight excluding hydrogens is 296 g/mol. The predicted octanol–water partition coefficient (Wildman–Crippen LogP) is 4.07. The number of nitrogens with one attached hydrogen (secondary N) is 1. The second kappa shape index (κ2) is 6.40. The largest absolute Gasteiger partial charge is 0.373 e. The van der Waals surface area contributed by atoms with Gasteiger partial charge in [0, 0.05) is 6.61 Å². The first kappa shape index (κ1) is 15.4. The van der Waals surface area contributed by atoms with Crippen LogP contribution in [0.3, 0.4) is 0 Å². The van der Waals surface area contributed by atoms with Gasteiger partial charge in [0.25, 0.3) is 0 Å². The molecule has 1 N–H and O–H groups in total. The Kier molecular flexibility index (Phi) is 4.11. The Morgan fingerprint density at radius 1 is 1.04 bits per heavy atom. The fourth-order valence-corrected chi connectivity index (χ4v) is 3.43. The van der Waals surface area contributed by atoms with Crippen molar-refractivity contribution in [2.45, 2.75) is 31.3 Å². The van der Waals surface area contributed by atoms with E-state index in [1.165, 1.54) is 24.0 Å². The molecule has 3 nitrogen and oxygen atoms in total. The first-order valence-electron chi connectivity index (χ1n) is 8.79. The van der Waals surface area contributed by atoms with Gasteiger partial charge in [0.1, 0.15) is 18.0 Å². The van der Waals surface area contributed by atoms with Crippen LogP contribution in [-0.2, 0) is 10.3 Å². The lowest BCUT2D eigenvalue weighted by atomic mass is 9.82. The van der Waals surface area contributed by atoms with Crippen molar-refractivity contribution in [3.63, 3.8) is 0 Å². The monoisotopic (exact) mass is 320 g/mol. The minimum Gasteiger partial charge on any atom is -0.373 e. The van der Waals surface area contributed by atoms with Crippen molar-refractivity contribution in [3.8, 4) is 0 Å². The van der Waals surface area contributed by atoms with Crippen molar-refractivity contribution >= 4 is 5.84 Å². The van der Waals surface area contributed by atoms with Gasteiger partial charge in [0.05, 0.1) is 6.04 Å². The van der Waals surface area contributed by atoms with Crippen LogP contribution < -0.4 is 5.32 Å². The molecule has 3 heteroatoms. The van der Waals surface area contributed by atoms with E-state index in [2.05, 4.69) is 72.9 Å². The minimum atomic E-state index is -0.319. The maximum Gasteiger partial charge on any atom is 0.124 e. The average Bonchev–Trinajstić information content (AvgIpc) is 3.39. The van der Waals surface area contributed by atoms with Gasteiger partial charge in [0.2, 0.25) is 0 Å². The molecule has 0 radical (unpaired) electrons. The Bertz CT molecular complexity index is 709. The smallest absolute Gasteiger partial charge is 0.124 e. The number of nitrogens with zero attached hydrogens (tertiary/aromatic N) is 1. The van der Waals surface area contributed by atoms with E-state index in [4.69, 9.17) is 9.73 Å². The summed E-state index contributed by atoms with van der Waals surface area (Å²) in [6.45, 7) is 3.64. The van der Waals surface area contributed by atoms with Gasteiger partial charge in [-0.1, -0.05) is 60.7 Å². The first-order chi connectivity index (χ1) is 11.8. The lowest BCUT2D eigenvalue weighted by Crippen LogP contribution is -2.33. The second-order valence-electron chi connectivity index (χ2n) is 7.02. The fraction of sp³-hybridized carbons (Fsp3) is 0.381. The highest BCUT2D eigenvalue weighted by molar-refractivity contribution is 5.86. The van der Waals surface area contributed by atoms with Crippen LogP contribution >= 0.6 is 0 Å². The van der Waals surface area contributed by atoms with E-state index in [0.29, 0.717) is 6.61 Å².